The highest BCUT2D eigenvalue weighted by molar-refractivity contribution is 9.10. The predicted molar refractivity (Wildman–Crippen MR) is 156 cm³/mol. The van der Waals surface area contributed by atoms with Crippen molar-refractivity contribution in [2.75, 3.05) is 0 Å². The Kier molecular flexibility index (Phi) is 9.47. The van der Waals surface area contributed by atoms with Crippen molar-refractivity contribution in [2.24, 2.45) is 0 Å². The smallest absolute Gasteiger partial charge is 0.350 e. The maximum atomic E-state index is 13.8. The zero-order chi connectivity index (χ0) is 29.2. The standard InChI is InChI=1S/C28H20BrCl4F3N2O2/c29-20-11-15(6-8-19(28(34,35)36)17-12-22(31)24(33)23(32)13-17)5-7-18(20)25(39)38-27(9-10-27)26(40)37-14-16-3-1-2-4-21(16)30/h1-8,11-13,19H,9-10,14H2,(H,37,40)(H,38,39)/b8-6+. The van der Waals surface area contributed by atoms with Crippen LogP contribution >= 0.6 is 62.3 Å². The minimum absolute atomic E-state index is 0.0270. The number of hydrogen-bond acceptors (Lipinski definition) is 2. The van der Waals surface area contributed by atoms with Gasteiger partial charge in [0.2, 0.25) is 5.91 Å². The number of benzene rings is 3. The van der Waals surface area contributed by atoms with E-state index in [0.29, 0.717) is 27.9 Å². The van der Waals surface area contributed by atoms with Gasteiger partial charge in [0.15, 0.2) is 0 Å². The first kappa shape index (κ1) is 30.7. The van der Waals surface area contributed by atoms with E-state index in [1.54, 1.807) is 18.2 Å². The fourth-order valence-electron chi connectivity index (χ4n) is 4.00. The molecule has 1 aliphatic carbocycles. The molecule has 1 fully saturated rings. The Morgan fingerprint density at radius 3 is 2.20 bits per heavy atom. The van der Waals surface area contributed by atoms with E-state index >= 15 is 0 Å². The maximum Gasteiger partial charge on any atom is 0.399 e. The Balaban J connectivity index is 1.46. The Bertz CT molecular complexity index is 1470. The second kappa shape index (κ2) is 12.3. The van der Waals surface area contributed by atoms with Gasteiger partial charge in [0.05, 0.1) is 26.5 Å². The molecule has 2 N–H and O–H groups in total. The lowest BCUT2D eigenvalue weighted by atomic mass is 9.97. The third kappa shape index (κ3) is 7.15. The first-order valence-electron chi connectivity index (χ1n) is 11.8. The SMILES string of the molecule is O=C(NC1(C(=O)NCc2ccccc2Cl)CC1)c1ccc(/C=C/C(c2cc(Cl)c(Cl)c(Cl)c2)C(F)(F)F)cc1Br. The van der Waals surface area contributed by atoms with Crippen molar-refractivity contribution in [1.82, 2.24) is 10.6 Å². The van der Waals surface area contributed by atoms with Crippen molar-refractivity contribution in [3.63, 3.8) is 0 Å². The lowest BCUT2D eigenvalue weighted by molar-refractivity contribution is -0.139. The van der Waals surface area contributed by atoms with Crippen LogP contribution in [0.4, 0.5) is 13.2 Å². The Labute approximate surface area is 256 Å². The molecule has 0 bridgehead atoms. The molecule has 40 heavy (non-hydrogen) atoms. The van der Waals surface area contributed by atoms with Gasteiger partial charge >= 0.3 is 6.18 Å². The van der Waals surface area contributed by atoms with Crippen LogP contribution in [0.25, 0.3) is 6.08 Å². The van der Waals surface area contributed by atoms with Crippen molar-refractivity contribution >= 4 is 80.2 Å². The zero-order valence-electron chi connectivity index (χ0n) is 20.4. The largest absolute Gasteiger partial charge is 0.399 e. The van der Waals surface area contributed by atoms with Crippen LogP contribution in [-0.4, -0.2) is 23.5 Å². The minimum Gasteiger partial charge on any atom is -0.350 e. The van der Waals surface area contributed by atoms with E-state index in [0.717, 1.165) is 23.8 Å². The van der Waals surface area contributed by atoms with E-state index in [1.165, 1.54) is 24.3 Å². The molecule has 1 aliphatic rings. The lowest BCUT2D eigenvalue weighted by Gasteiger charge is -2.19. The van der Waals surface area contributed by atoms with Gasteiger partial charge in [0, 0.05) is 16.0 Å². The fraction of sp³-hybridized carbons (Fsp3) is 0.214. The summed E-state index contributed by atoms with van der Waals surface area (Å²) in [7, 11) is 0. The topological polar surface area (TPSA) is 58.2 Å². The van der Waals surface area contributed by atoms with Crippen LogP contribution in [0, 0.1) is 0 Å². The summed E-state index contributed by atoms with van der Waals surface area (Å²) in [5, 5.41) is 5.92. The zero-order valence-corrected chi connectivity index (χ0v) is 25.0. The van der Waals surface area contributed by atoms with Crippen molar-refractivity contribution < 1.29 is 22.8 Å². The van der Waals surface area contributed by atoms with Gasteiger partial charge in [-0.15, -0.1) is 0 Å². The monoisotopic (exact) mass is 692 g/mol. The van der Waals surface area contributed by atoms with Gasteiger partial charge in [-0.2, -0.15) is 13.2 Å². The highest BCUT2D eigenvalue weighted by Gasteiger charge is 2.51. The number of halogens is 8. The van der Waals surface area contributed by atoms with Crippen molar-refractivity contribution in [1.29, 1.82) is 0 Å². The van der Waals surface area contributed by atoms with Crippen LogP contribution in [0.15, 0.2) is 65.1 Å². The van der Waals surface area contributed by atoms with Gasteiger partial charge in [0.1, 0.15) is 5.54 Å². The summed E-state index contributed by atoms with van der Waals surface area (Å²) < 4.78 is 41.9. The number of amides is 2. The lowest BCUT2D eigenvalue weighted by Crippen LogP contribution is -2.48. The highest BCUT2D eigenvalue weighted by atomic mass is 79.9. The molecule has 3 aromatic rings. The molecule has 1 saturated carbocycles. The molecule has 0 aromatic heterocycles. The first-order chi connectivity index (χ1) is 18.8. The van der Waals surface area contributed by atoms with Gasteiger partial charge in [-0.05, 0) is 75.8 Å². The first-order valence-corrected chi connectivity index (χ1v) is 14.1. The highest BCUT2D eigenvalue weighted by Crippen LogP contribution is 2.41. The summed E-state index contributed by atoms with van der Waals surface area (Å²) in [5.41, 5.74) is 0.187. The summed E-state index contributed by atoms with van der Waals surface area (Å²) in [4.78, 5) is 25.8. The summed E-state index contributed by atoms with van der Waals surface area (Å²) in [6.45, 7) is 0.216. The maximum absolute atomic E-state index is 13.8. The second-order valence-corrected chi connectivity index (χ2v) is 11.7. The van der Waals surface area contributed by atoms with Crippen LogP contribution in [0.3, 0.4) is 0 Å². The molecule has 0 radical (unpaired) electrons. The summed E-state index contributed by atoms with van der Waals surface area (Å²) in [6.07, 6.45) is -1.42. The molecule has 4 rings (SSSR count). The molecular formula is C28H20BrCl4F3N2O2. The molecule has 1 unspecified atom stereocenters. The number of carbonyl (C=O) groups excluding carboxylic acids is 2. The van der Waals surface area contributed by atoms with Crippen LogP contribution in [0.2, 0.25) is 20.1 Å². The van der Waals surface area contributed by atoms with Gasteiger partial charge in [-0.25, -0.2) is 0 Å². The van der Waals surface area contributed by atoms with E-state index in [-0.39, 0.29) is 38.6 Å². The summed E-state index contributed by atoms with van der Waals surface area (Å²) in [6, 6.07) is 13.8. The number of alkyl halides is 3. The summed E-state index contributed by atoms with van der Waals surface area (Å²) in [5.74, 6) is -2.82. The number of nitrogens with one attached hydrogen (secondary N) is 2. The molecule has 210 valence electrons. The van der Waals surface area contributed by atoms with Crippen LogP contribution in [-0.2, 0) is 11.3 Å². The summed E-state index contributed by atoms with van der Waals surface area (Å²) >= 11 is 27.2. The van der Waals surface area contributed by atoms with Gasteiger partial charge in [-0.1, -0.05) is 82.8 Å². The van der Waals surface area contributed by atoms with E-state index in [1.807, 2.05) is 6.07 Å². The Morgan fingerprint density at radius 1 is 0.975 bits per heavy atom. The molecule has 0 heterocycles. The van der Waals surface area contributed by atoms with E-state index in [2.05, 4.69) is 26.6 Å². The van der Waals surface area contributed by atoms with E-state index < -0.39 is 23.5 Å². The van der Waals surface area contributed by atoms with E-state index in [4.69, 9.17) is 46.4 Å². The fourth-order valence-corrected chi connectivity index (χ4v) is 5.39. The van der Waals surface area contributed by atoms with Crippen LogP contribution < -0.4 is 10.6 Å². The number of allylic oxidation sites excluding steroid dienone is 1. The van der Waals surface area contributed by atoms with Crippen molar-refractivity contribution in [3.8, 4) is 0 Å². The molecule has 4 nitrogen and oxygen atoms in total. The minimum atomic E-state index is -4.63. The second-order valence-electron chi connectivity index (χ2n) is 9.23. The molecule has 0 saturated heterocycles. The quantitative estimate of drug-likeness (QED) is 0.231. The third-order valence-corrected chi connectivity index (χ3v) is 8.59. The number of hydrogen-bond donors (Lipinski definition) is 2. The van der Waals surface area contributed by atoms with Crippen molar-refractivity contribution in [3.05, 3.63) is 107 Å². The van der Waals surface area contributed by atoms with Crippen LogP contribution in [0.5, 0.6) is 0 Å². The molecule has 12 heteroatoms. The van der Waals surface area contributed by atoms with Gasteiger partial charge in [0.25, 0.3) is 5.91 Å². The van der Waals surface area contributed by atoms with Gasteiger partial charge < -0.3 is 10.6 Å². The average Bonchev–Trinajstić information content (AvgIpc) is 3.66. The number of rotatable bonds is 8. The predicted octanol–water partition coefficient (Wildman–Crippen LogP) is 9.00. The molecule has 1 atom stereocenters. The molecule has 0 aliphatic heterocycles. The normalized spacial score (nSPS) is 15.1. The molecule has 2 amide bonds. The average molecular weight is 695 g/mol. The molecule has 3 aromatic carbocycles. The third-order valence-electron chi connectivity index (χ3n) is 6.37. The Hall–Kier alpha value is -2.23. The molecule has 0 spiro atoms. The van der Waals surface area contributed by atoms with E-state index in [9.17, 15) is 22.8 Å². The Morgan fingerprint density at radius 2 is 1.62 bits per heavy atom. The van der Waals surface area contributed by atoms with Crippen molar-refractivity contribution in [2.45, 2.75) is 37.0 Å². The molecular weight excluding hydrogens is 675 g/mol. The van der Waals surface area contributed by atoms with Gasteiger partial charge in [-0.3, -0.25) is 9.59 Å². The number of carbonyl (C=O) groups is 2. The van der Waals surface area contributed by atoms with Crippen LogP contribution in [0.1, 0.15) is 45.8 Å².